The molecular formula is C44H90N8O14. The lowest BCUT2D eigenvalue weighted by atomic mass is 10.0. The van der Waals surface area contributed by atoms with E-state index in [1.807, 2.05) is 69.2 Å². The summed E-state index contributed by atoms with van der Waals surface area (Å²) in [6.07, 6.45) is 1.81. The minimum Gasteiger partial charge on any atom is -0.481 e. The fourth-order valence-corrected chi connectivity index (χ4v) is 3.79. The lowest BCUT2D eigenvalue weighted by Crippen LogP contribution is -2.43. The molecule has 0 fully saturated rings. The molecule has 1 rings (SSSR count). The summed E-state index contributed by atoms with van der Waals surface area (Å²) < 4.78 is 0. The second-order valence-corrected chi connectivity index (χ2v) is 17.1. The maximum Gasteiger partial charge on any atom is 0.317 e. The third-order valence-electron chi connectivity index (χ3n) is 6.74. The van der Waals surface area contributed by atoms with Crippen LogP contribution in [0, 0.1) is 23.7 Å². The number of hydrogen-bond acceptors (Lipinski definition) is 15. The average Bonchev–Trinajstić information content (AvgIpc) is 3.64. The smallest absolute Gasteiger partial charge is 0.317 e. The van der Waals surface area contributed by atoms with Crippen molar-refractivity contribution in [2.75, 3.05) is 13.2 Å². The maximum absolute atomic E-state index is 11.1. The predicted octanol–water partition coefficient (Wildman–Crippen LogP) is 3.88. The largest absolute Gasteiger partial charge is 0.481 e. The van der Waals surface area contributed by atoms with Crippen molar-refractivity contribution in [3.63, 3.8) is 0 Å². The number of nitrogens with two attached hydrogens (primary N) is 1. The second kappa shape index (κ2) is 48.0. The number of carboxylic acid groups (broad SMARTS) is 4. The number of ketones is 2. The van der Waals surface area contributed by atoms with Gasteiger partial charge in [0.25, 0.3) is 0 Å². The number of carbonyl (C=O) groups is 8. The van der Waals surface area contributed by atoms with Crippen LogP contribution in [0.25, 0.3) is 0 Å². The number of aliphatic carboxylic acids is 4. The highest BCUT2D eigenvalue weighted by atomic mass is 16.4. The highest BCUT2D eigenvalue weighted by molar-refractivity contribution is 5.93. The van der Waals surface area contributed by atoms with E-state index in [9.17, 15) is 38.4 Å². The van der Waals surface area contributed by atoms with Gasteiger partial charge in [0.05, 0.1) is 25.3 Å². The van der Waals surface area contributed by atoms with Gasteiger partial charge in [-0.1, -0.05) is 81.9 Å². The molecule has 0 aliphatic carbocycles. The van der Waals surface area contributed by atoms with E-state index in [0.29, 0.717) is 31.1 Å². The zero-order valence-corrected chi connectivity index (χ0v) is 41.6. The van der Waals surface area contributed by atoms with Crippen molar-refractivity contribution < 1.29 is 69.0 Å². The number of Topliss-reactive ketones (excluding diaryl/α,β-unsaturated/α-hetero) is 2. The third-order valence-corrected chi connectivity index (χ3v) is 6.74. The van der Waals surface area contributed by atoms with Crippen LogP contribution in [0.1, 0.15) is 162 Å². The summed E-state index contributed by atoms with van der Waals surface area (Å²) in [4.78, 5) is 82.8. The monoisotopic (exact) mass is 955 g/mol. The minimum atomic E-state index is -1.10. The Morgan fingerprint density at radius 1 is 0.667 bits per heavy atom. The van der Waals surface area contributed by atoms with Crippen LogP contribution in [0.15, 0.2) is 0 Å². The van der Waals surface area contributed by atoms with E-state index in [-0.39, 0.29) is 87.3 Å². The number of aliphatic hydroxyl groups excluding tert-OH is 2. The first kappa shape index (κ1) is 75.4. The number of aromatic amines is 1. The van der Waals surface area contributed by atoms with Crippen LogP contribution in [0.4, 0.5) is 0 Å². The van der Waals surface area contributed by atoms with Gasteiger partial charge in [-0.2, -0.15) is 5.21 Å². The molecule has 0 saturated carbocycles. The molecule has 0 bridgehead atoms. The van der Waals surface area contributed by atoms with Gasteiger partial charge >= 0.3 is 23.9 Å². The van der Waals surface area contributed by atoms with Gasteiger partial charge in [-0.25, -0.2) is 0 Å². The number of rotatable bonds is 22. The number of aliphatic hydroxyl groups is 2. The van der Waals surface area contributed by atoms with Gasteiger partial charge in [-0.15, -0.1) is 10.2 Å². The number of H-pyrrole nitrogens is 1. The Morgan fingerprint density at radius 3 is 1.44 bits per heavy atom. The second-order valence-electron chi connectivity index (χ2n) is 17.1. The van der Waals surface area contributed by atoms with Crippen LogP contribution in [0.2, 0.25) is 0 Å². The summed E-state index contributed by atoms with van der Waals surface area (Å²) in [5, 5.41) is 71.0. The van der Waals surface area contributed by atoms with Gasteiger partial charge in [-0.3, -0.25) is 33.6 Å². The van der Waals surface area contributed by atoms with Crippen LogP contribution in [-0.2, 0) is 44.8 Å². The zero-order valence-electron chi connectivity index (χ0n) is 41.6. The van der Waals surface area contributed by atoms with Crippen LogP contribution in [0.3, 0.4) is 0 Å². The fourth-order valence-electron chi connectivity index (χ4n) is 3.79. The molecule has 0 spiro atoms. The normalized spacial score (nSPS) is 10.9. The molecule has 2 unspecified atom stereocenters. The number of tetrazole rings is 1. The molecule has 0 aromatic carbocycles. The molecule has 1 heterocycles. The number of nitrogens with one attached hydrogen (secondary N) is 4. The number of nitrogens with zero attached hydrogens (tertiary/aromatic N) is 3. The molecular weight excluding hydrogens is 865 g/mol. The lowest BCUT2D eigenvalue weighted by molar-refractivity contribution is -0.141. The molecule has 0 aliphatic rings. The lowest BCUT2D eigenvalue weighted by Gasteiger charge is -2.13. The molecule has 66 heavy (non-hydrogen) atoms. The van der Waals surface area contributed by atoms with Crippen molar-refractivity contribution in [3.8, 4) is 0 Å². The minimum absolute atomic E-state index is 0. The molecule has 390 valence electrons. The molecule has 2 amide bonds. The van der Waals surface area contributed by atoms with Crippen molar-refractivity contribution in [2.45, 2.75) is 193 Å². The van der Waals surface area contributed by atoms with Crippen molar-refractivity contribution in [2.24, 2.45) is 29.4 Å². The van der Waals surface area contributed by atoms with E-state index in [2.05, 4.69) is 50.4 Å². The molecule has 22 heteroatoms. The number of aromatic nitrogens is 4. The Bertz CT molecular complexity index is 1410. The molecule has 22 nitrogen and oxygen atoms in total. The van der Waals surface area contributed by atoms with E-state index in [1.165, 1.54) is 6.92 Å². The van der Waals surface area contributed by atoms with Gasteiger partial charge < -0.3 is 57.1 Å². The van der Waals surface area contributed by atoms with E-state index in [4.69, 9.17) is 36.4 Å². The van der Waals surface area contributed by atoms with E-state index < -0.39 is 48.4 Å². The summed E-state index contributed by atoms with van der Waals surface area (Å²) in [6, 6.07) is -0.431. The first-order chi connectivity index (χ1) is 29.7. The van der Waals surface area contributed by atoms with Crippen LogP contribution in [-0.4, -0.2) is 142 Å². The van der Waals surface area contributed by atoms with Gasteiger partial charge in [0.2, 0.25) is 11.8 Å². The summed E-state index contributed by atoms with van der Waals surface area (Å²) in [5.74, 6) is -1.82. The topological polar surface area (TPSA) is 375 Å². The first-order valence-corrected chi connectivity index (χ1v) is 21.7. The Kier molecular flexibility index (Phi) is 54.8. The van der Waals surface area contributed by atoms with Crippen LogP contribution >= 0.6 is 0 Å². The summed E-state index contributed by atoms with van der Waals surface area (Å²) >= 11 is 0. The predicted molar refractivity (Wildman–Crippen MR) is 253 cm³/mol. The van der Waals surface area contributed by atoms with Gasteiger partial charge in [0.15, 0.2) is 5.82 Å². The molecule has 0 saturated heterocycles. The van der Waals surface area contributed by atoms with Gasteiger partial charge in [-0.05, 0) is 65.2 Å². The average molecular weight is 955 g/mol. The number of carbonyl (C=O) groups excluding carboxylic acids is 4. The highest BCUT2D eigenvalue weighted by Gasteiger charge is 2.15. The summed E-state index contributed by atoms with van der Waals surface area (Å²) in [5.41, 5.74) is 5.44. The molecule has 1 aromatic rings. The molecule has 2 atom stereocenters. The Morgan fingerprint density at radius 2 is 1.18 bits per heavy atom. The van der Waals surface area contributed by atoms with E-state index >= 15 is 0 Å². The SMILES string of the molecule is C.CC(=O)CCC(=O)C(C)C.CC(C)CC(=O)O.CC(C)CC(O)CO.CC(C)Cc1nn[nH]n1.CC(C)NC(=O)C(N)CCC(=O)O.CC(C)NC(=O)CC(=O)O.CC(C)NCC(=O)O. The summed E-state index contributed by atoms with van der Waals surface area (Å²) in [6.45, 7) is 28.2. The van der Waals surface area contributed by atoms with Crippen LogP contribution in [0.5, 0.6) is 0 Å². The zero-order chi connectivity index (χ0) is 52.4. The Hall–Kier alpha value is -4.93. The van der Waals surface area contributed by atoms with Crippen molar-refractivity contribution >= 4 is 47.3 Å². The number of amides is 2. The van der Waals surface area contributed by atoms with E-state index in [0.717, 1.165) is 12.2 Å². The van der Waals surface area contributed by atoms with Crippen LogP contribution < -0.4 is 21.7 Å². The van der Waals surface area contributed by atoms with Gasteiger partial charge in [0, 0.05) is 56.1 Å². The van der Waals surface area contributed by atoms with Crippen molar-refractivity contribution in [3.05, 3.63) is 5.82 Å². The Labute approximate surface area is 393 Å². The maximum atomic E-state index is 11.1. The third kappa shape index (κ3) is 76.4. The Balaban J connectivity index is -0.000000124. The molecule has 0 aliphatic heterocycles. The van der Waals surface area contributed by atoms with Crippen molar-refractivity contribution in [1.29, 1.82) is 0 Å². The number of carboxylic acids is 4. The highest BCUT2D eigenvalue weighted by Crippen LogP contribution is 2.03. The molecule has 0 radical (unpaired) electrons. The first-order valence-electron chi connectivity index (χ1n) is 21.7. The standard InChI is InChI=1S/C8H16N2O3.C8H14O2.C6H11NO3.C6H14O2.C5H10N4.C5H11NO2.C5H10O2.CH4/c1-5(2)10-8(13)6(9)3-4-7(11)12;1-6(2)8(10)5-4-7(3)9;1-4(2)7-5(8)3-6(9)10;1-5(2)3-6(8)4-7;1-4(2)3-5-6-8-9-7-5;1-4(2)6-3-5(7)8;1-4(2)3-5(6)7;/h5-6H,3-4,9H2,1-2H3,(H,10,13)(H,11,12);6H,4-5H2,1-3H3;4H,3H2,1-2H3,(H,7,8)(H,9,10);5-8H,3-4H2,1-2H3;4H,3H2,1-2H3,(H,6,7,8,9);4,6H,3H2,1-2H3,(H,7,8);4H,3H2,1-2H3,(H,6,7);1H4. The quantitative estimate of drug-likeness (QED) is 0.0735. The number of hydrogen-bond donors (Lipinski definition) is 11. The fraction of sp³-hybridized carbons (Fsp3) is 0.795. The molecule has 1 aromatic heterocycles. The molecule has 12 N–H and O–H groups in total. The summed E-state index contributed by atoms with van der Waals surface area (Å²) in [7, 11) is 0. The van der Waals surface area contributed by atoms with Crippen molar-refractivity contribution in [1.82, 2.24) is 36.6 Å². The van der Waals surface area contributed by atoms with E-state index in [1.54, 1.807) is 13.8 Å². The van der Waals surface area contributed by atoms with Gasteiger partial charge in [0.1, 0.15) is 18.0 Å².